The van der Waals surface area contributed by atoms with E-state index >= 15 is 0 Å². The largest absolute Gasteiger partial charge is 0.348 e. The van der Waals surface area contributed by atoms with Gasteiger partial charge in [-0.1, -0.05) is 23.7 Å². The molecule has 5 amide bonds. The molecule has 15 nitrogen and oxygen atoms in total. The number of halogens is 1. The molecule has 0 radical (unpaired) electrons. The summed E-state index contributed by atoms with van der Waals surface area (Å²) in [6, 6.07) is 7.48. The van der Waals surface area contributed by atoms with Crippen LogP contribution in [-0.2, 0) is 32.7 Å². The predicted octanol–water partition coefficient (Wildman–Crippen LogP) is 0.315. The standard InChI is InChI=1S/C28H29ClN8O7S/c1-45(43,44)33-22(38)13-34-8-9-36(27(34)42)21-12-30-24-20(32-21)10-19(25(40)31-11-17-2-4-18(29)5-3-17)26(41)37(24)14-23(39)35-15-28(16-35)6-7-28/h2-5,10,12H,6-9,11,13-16H2,1H3,(H,31,40)(H,33,38). The summed E-state index contributed by atoms with van der Waals surface area (Å²) in [6.45, 7) is 0.772. The number of rotatable bonds is 9. The Balaban J connectivity index is 1.28. The van der Waals surface area contributed by atoms with Crippen LogP contribution in [-0.4, -0.2) is 95.5 Å². The third-order valence-electron chi connectivity index (χ3n) is 8.05. The molecule has 3 aromatic rings. The van der Waals surface area contributed by atoms with Gasteiger partial charge in [0.25, 0.3) is 17.4 Å². The van der Waals surface area contributed by atoms with Gasteiger partial charge in [-0.2, -0.15) is 0 Å². The minimum absolute atomic E-state index is 0.0593. The molecule has 2 saturated heterocycles. The number of sulfonamides is 1. The molecule has 1 saturated carbocycles. The highest BCUT2D eigenvalue weighted by molar-refractivity contribution is 7.89. The van der Waals surface area contributed by atoms with Crippen LogP contribution in [0.15, 0.2) is 41.3 Å². The summed E-state index contributed by atoms with van der Waals surface area (Å²) in [7, 11) is -3.79. The zero-order valence-corrected chi connectivity index (χ0v) is 25.7. The van der Waals surface area contributed by atoms with Crippen LogP contribution < -0.4 is 20.5 Å². The molecule has 2 N–H and O–H groups in total. The summed E-state index contributed by atoms with van der Waals surface area (Å²) >= 11 is 5.94. The fraction of sp³-hybridized carbons (Fsp3) is 0.393. The van der Waals surface area contributed by atoms with E-state index in [4.69, 9.17) is 11.6 Å². The van der Waals surface area contributed by atoms with E-state index in [2.05, 4.69) is 15.3 Å². The van der Waals surface area contributed by atoms with Crippen molar-refractivity contribution >= 4 is 62.4 Å². The molecule has 0 bridgehead atoms. The van der Waals surface area contributed by atoms with E-state index < -0.39 is 40.0 Å². The van der Waals surface area contributed by atoms with Crippen LogP contribution in [0.2, 0.25) is 5.02 Å². The second-order valence-corrected chi connectivity index (χ2v) is 13.8. The molecule has 1 aliphatic carbocycles. The lowest BCUT2D eigenvalue weighted by atomic mass is 9.97. The van der Waals surface area contributed by atoms with Crippen LogP contribution in [0.25, 0.3) is 11.2 Å². The zero-order valence-electron chi connectivity index (χ0n) is 24.2. The number of fused-ring (bicyclic) bond motifs is 1. The molecule has 1 aromatic carbocycles. The molecule has 4 heterocycles. The Morgan fingerprint density at radius 2 is 1.76 bits per heavy atom. The quantitative estimate of drug-likeness (QED) is 0.327. The highest BCUT2D eigenvalue weighted by atomic mass is 35.5. The van der Waals surface area contributed by atoms with Crippen molar-refractivity contribution in [1.82, 2.24) is 34.4 Å². The van der Waals surface area contributed by atoms with E-state index in [0.717, 1.165) is 34.1 Å². The maximum atomic E-state index is 13.6. The Morgan fingerprint density at radius 1 is 1.04 bits per heavy atom. The molecule has 2 aromatic heterocycles. The number of anilines is 1. The van der Waals surface area contributed by atoms with Crippen LogP contribution in [0.4, 0.5) is 10.6 Å². The molecule has 0 unspecified atom stereocenters. The van der Waals surface area contributed by atoms with Gasteiger partial charge in [-0.3, -0.25) is 33.4 Å². The number of likely N-dealkylation sites (tertiary alicyclic amines) is 1. The predicted molar refractivity (Wildman–Crippen MR) is 162 cm³/mol. The number of hydrogen-bond donors (Lipinski definition) is 2. The number of carbonyl (C=O) groups is 4. The van der Waals surface area contributed by atoms with Crippen molar-refractivity contribution in [3.63, 3.8) is 0 Å². The SMILES string of the molecule is CS(=O)(=O)NC(=O)CN1CCN(c2cnc3c(cc(C(=O)NCc4ccc(Cl)cc4)c(=O)n3CC(=O)N3CC4(CC4)C3)n2)C1=O. The van der Waals surface area contributed by atoms with Gasteiger partial charge >= 0.3 is 6.03 Å². The molecule has 3 fully saturated rings. The molecular formula is C28H29ClN8O7S. The highest BCUT2D eigenvalue weighted by Gasteiger charge is 2.53. The molecule has 6 rings (SSSR count). The van der Waals surface area contributed by atoms with Crippen molar-refractivity contribution < 1.29 is 27.6 Å². The smallest absolute Gasteiger partial charge is 0.326 e. The minimum atomic E-state index is -3.79. The highest BCUT2D eigenvalue weighted by Crippen LogP contribution is 2.52. The molecule has 2 aliphatic heterocycles. The molecular weight excluding hydrogens is 628 g/mol. The second-order valence-electron chi connectivity index (χ2n) is 11.6. The van der Waals surface area contributed by atoms with Crippen LogP contribution in [0.1, 0.15) is 28.8 Å². The third-order valence-corrected chi connectivity index (χ3v) is 8.90. The minimum Gasteiger partial charge on any atom is -0.348 e. The fourth-order valence-electron chi connectivity index (χ4n) is 5.47. The first-order valence-electron chi connectivity index (χ1n) is 14.1. The number of amides is 5. The summed E-state index contributed by atoms with van der Waals surface area (Å²) in [5.74, 6) is -1.75. The Labute approximate surface area is 262 Å². The summed E-state index contributed by atoms with van der Waals surface area (Å²) in [4.78, 5) is 78.1. The van der Waals surface area contributed by atoms with Gasteiger partial charge in [-0.15, -0.1) is 0 Å². The molecule has 236 valence electrons. The third kappa shape index (κ3) is 6.47. The number of aromatic nitrogens is 3. The number of nitrogens with zero attached hydrogens (tertiary/aromatic N) is 6. The average Bonchev–Trinajstić information content (AvgIpc) is 3.70. The lowest BCUT2D eigenvalue weighted by Crippen LogP contribution is -2.53. The van der Waals surface area contributed by atoms with Gasteiger partial charge in [-0.05, 0) is 36.6 Å². The van der Waals surface area contributed by atoms with Crippen molar-refractivity contribution in [1.29, 1.82) is 0 Å². The molecule has 3 aliphatic rings. The first kappa shape index (κ1) is 30.5. The van der Waals surface area contributed by atoms with Gasteiger partial charge in [0.15, 0.2) is 11.5 Å². The summed E-state index contributed by atoms with van der Waals surface area (Å²) in [6.07, 6.45) is 4.25. The second kappa shape index (κ2) is 11.4. The number of hydrogen-bond acceptors (Lipinski definition) is 9. The maximum absolute atomic E-state index is 13.6. The number of carbonyl (C=O) groups excluding carboxylic acids is 4. The lowest BCUT2D eigenvalue weighted by molar-refractivity contribution is -0.139. The van der Waals surface area contributed by atoms with E-state index in [-0.39, 0.29) is 60.0 Å². The molecule has 45 heavy (non-hydrogen) atoms. The lowest BCUT2D eigenvalue weighted by Gasteiger charge is -2.40. The molecule has 17 heteroatoms. The van der Waals surface area contributed by atoms with Gasteiger partial charge < -0.3 is 15.1 Å². The first-order valence-corrected chi connectivity index (χ1v) is 16.4. The summed E-state index contributed by atoms with van der Waals surface area (Å²) < 4.78 is 25.7. The van der Waals surface area contributed by atoms with Gasteiger partial charge in [0.05, 0.1) is 12.5 Å². The van der Waals surface area contributed by atoms with Crippen LogP contribution in [0, 0.1) is 5.41 Å². The monoisotopic (exact) mass is 656 g/mol. The molecule has 0 atom stereocenters. The first-order chi connectivity index (χ1) is 21.3. The van der Waals surface area contributed by atoms with E-state index in [1.165, 1.54) is 17.2 Å². The van der Waals surface area contributed by atoms with E-state index in [1.807, 2.05) is 4.72 Å². The van der Waals surface area contributed by atoms with E-state index in [1.54, 1.807) is 29.2 Å². The van der Waals surface area contributed by atoms with Crippen molar-refractivity contribution in [3.8, 4) is 0 Å². The van der Waals surface area contributed by atoms with Crippen molar-refractivity contribution in [2.24, 2.45) is 5.41 Å². The Hall–Kier alpha value is -4.57. The van der Waals surface area contributed by atoms with Crippen LogP contribution in [0.5, 0.6) is 0 Å². The van der Waals surface area contributed by atoms with Gasteiger partial charge in [0.1, 0.15) is 24.2 Å². The van der Waals surface area contributed by atoms with Crippen LogP contribution in [0.3, 0.4) is 0 Å². The number of nitrogens with one attached hydrogen (secondary N) is 2. The van der Waals surface area contributed by atoms with Crippen molar-refractivity contribution in [2.45, 2.75) is 25.9 Å². The van der Waals surface area contributed by atoms with E-state index in [0.29, 0.717) is 18.1 Å². The fourth-order valence-corrected chi connectivity index (χ4v) is 6.08. The van der Waals surface area contributed by atoms with Crippen molar-refractivity contribution in [3.05, 3.63) is 63.0 Å². The van der Waals surface area contributed by atoms with E-state index in [9.17, 15) is 32.4 Å². The zero-order chi connectivity index (χ0) is 32.1. The van der Waals surface area contributed by atoms with Gasteiger partial charge in [0, 0.05) is 43.2 Å². The average molecular weight is 657 g/mol. The van der Waals surface area contributed by atoms with Gasteiger partial charge in [0.2, 0.25) is 15.9 Å². The number of benzene rings is 1. The number of urea groups is 1. The summed E-state index contributed by atoms with van der Waals surface area (Å²) in [5.41, 5.74) is 0.144. The van der Waals surface area contributed by atoms with Crippen molar-refractivity contribution in [2.75, 3.05) is 43.9 Å². The van der Waals surface area contributed by atoms with Gasteiger partial charge in [-0.25, -0.2) is 23.2 Å². The summed E-state index contributed by atoms with van der Waals surface area (Å²) in [5, 5.41) is 3.25. The Kier molecular flexibility index (Phi) is 7.72. The molecule has 1 spiro atoms. The number of pyridine rings is 1. The Bertz CT molecular complexity index is 1900. The normalized spacial score (nSPS) is 17.0. The maximum Gasteiger partial charge on any atom is 0.326 e. The Morgan fingerprint density at radius 3 is 2.42 bits per heavy atom. The topological polar surface area (TPSA) is 184 Å². The van der Waals surface area contributed by atoms with Crippen LogP contribution >= 0.6 is 11.6 Å².